The molecule has 2 heterocycles. The predicted octanol–water partition coefficient (Wildman–Crippen LogP) is 3.90. The van der Waals surface area contributed by atoms with Crippen LogP contribution in [0.1, 0.15) is 18.4 Å². The van der Waals surface area contributed by atoms with Gasteiger partial charge in [0.1, 0.15) is 31.3 Å². The summed E-state index contributed by atoms with van der Waals surface area (Å²) in [6.45, 7) is 2.67. The molecule has 0 spiro atoms. The zero-order chi connectivity index (χ0) is 20.8. The van der Waals surface area contributed by atoms with Gasteiger partial charge in [-0.2, -0.15) is 0 Å². The third-order valence-corrected chi connectivity index (χ3v) is 5.40. The summed E-state index contributed by atoms with van der Waals surface area (Å²) in [4.78, 5) is 12.5. The first-order valence-corrected chi connectivity index (χ1v) is 10.3. The molecular formula is C24H26N2O4. The molecule has 0 aliphatic carbocycles. The lowest BCUT2D eigenvalue weighted by molar-refractivity contribution is -0.868. The van der Waals surface area contributed by atoms with Gasteiger partial charge in [-0.1, -0.05) is 30.3 Å². The summed E-state index contributed by atoms with van der Waals surface area (Å²) in [5.74, 6) is 1.23. The summed E-state index contributed by atoms with van der Waals surface area (Å²) in [6, 6.07) is 20.4. The van der Waals surface area contributed by atoms with Crippen molar-refractivity contribution in [3.8, 4) is 17.2 Å². The summed E-state index contributed by atoms with van der Waals surface area (Å²) in [5.41, 5.74) is 1.63. The van der Waals surface area contributed by atoms with Gasteiger partial charge in [0.25, 0.3) is 5.56 Å². The molecule has 1 aliphatic rings. The number of ether oxygens (including phenoxy) is 2. The van der Waals surface area contributed by atoms with Gasteiger partial charge in [0.15, 0.2) is 0 Å². The van der Waals surface area contributed by atoms with E-state index < -0.39 is 0 Å². The molecule has 6 heteroatoms. The van der Waals surface area contributed by atoms with E-state index in [9.17, 15) is 10.0 Å². The van der Waals surface area contributed by atoms with Gasteiger partial charge in [-0.05, 0) is 35.9 Å². The molecule has 6 nitrogen and oxygen atoms in total. The summed E-state index contributed by atoms with van der Waals surface area (Å²) >= 11 is 0. The van der Waals surface area contributed by atoms with Crippen LogP contribution in [0.2, 0.25) is 0 Å². The van der Waals surface area contributed by atoms with Gasteiger partial charge in [0, 0.05) is 30.8 Å². The first-order valence-electron chi connectivity index (χ1n) is 10.3. The fourth-order valence-electron chi connectivity index (χ4n) is 3.67. The van der Waals surface area contributed by atoms with E-state index in [1.807, 2.05) is 54.6 Å². The van der Waals surface area contributed by atoms with Crippen molar-refractivity contribution in [2.45, 2.75) is 19.4 Å². The van der Waals surface area contributed by atoms with Crippen LogP contribution >= 0.6 is 0 Å². The van der Waals surface area contributed by atoms with Crippen LogP contribution in [-0.4, -0.2) is 35.5 Å². The molecule has 1 aliphatic heterocycles. The van der Waals surface area contributed by atoms with Gasteiger partial charge in [0.05, 0.1) is 13.1 Å². The number of aromatic nitrogens is 1. The fourth-order valence-corrected chi connectivity index (χ4v) is 3.67. The second-order valence-corrected chi connectivity index (χ2v) is 7.62. The lowest BCUT2D eigenvalue weighted by atomic mass is 10.2. The van der Waals surface area contributed by atoms with Crippen molar-refractivity contribution in [3.63, 3.8) is 0 Å². The lowest BCUT2D eigenvalue weighted by Crippen LogP contribution is -2.42. The van der Waals surface area contributed by atoms with Crippen molar-refractivity contribution in [2.24, 2.45) is 0 Å². The van der Waals surface area contributed by atoms with E-state index in [1.165, 1.54) is 6.07 Å². The molecular weight excluding hydrogens is 380 g/mol. The standard InChI is InChI=1S/C24H26N2O4/c27-24-18-23(30-19-20-6-2-1-3-7-20)12-13-25(24)21-8-10-22(11-9-21)29-17-16-26(28)14-4-5-15-26/h1-3,6-13,18H,4-5,14-17,19H2. The maximum Gasteiger partial charge on any atom is 0.258 e. The highest BCUT2D eigenvalue weighted by Gasteiger charge is 2.22. The normalized spacial score (nSPS) is 15.1. The number of nitrogens with zero attached hydrogens (tertiary/aromatic N) is 2. The molecule has 0 saturated carbocycles. The Balaban J connectivity index is 1.34. The molecule has 0 unspecified atom stereocenters. The molecule has 0 amide bonds. The van der Waals surface area contributed by atoms with Crippen LogP contribution in [0.4, 0.5) is 0 Å². The van der Waals surface area contributed by atoms with E-state index >= 15 is 0 Å². The van der Waals surface area contributed by atoms with E-state index in [4.69, 9.17) is 9.47 Å². The Kier molecular flexibility index (Phi) is 6.16. The molecule has 30 heavy (non-hydrogen) atoms. The van der Waals surface area contributed by atoms with E-state index in [0.717, 1.165) is 24.1 Å². The minimum Gasteiger partial charge on any atom is -0.633 e. The molecule has 0 bridgehead atoms. The molecule has 0 atom stereocenters. The maximum absolute atomic E-state index is 12.5. The zero-order valence-corrected chi connectivity index (χ0v) is 16.9. The van der Waals surface area contributed by atoms with Crippen molar-refractivity contribution < 1.29 is 14.1 Å². The van der Waals surface area contributed by atoms with Crippen LogP contribution in [-0.2, 0) is 6.61 Å². The van der Waals surface area contributed by atoms with Crippen LogP contribution in [0, 0.1) is 5.21 Å². The van der Waals surface area contributed by atoms with Crippen molar-refractivity contribution in [1.82, 2.24) is 4.57 Å². The van der Waals surface area contributed by atoms with Gasteiger partial charge in [0.2, 0.25) is 0 Å². The van der Waals surface area contributed by atoms with Gasteiger partial charge in [-0.15, -0.1) is 0 Å². The zero-order valence-electron chi connectivity index (χ0n) is 16.9. The first kappa shape index (κ1) is 20.2. The SMILES string of the molecule is O=c1cc(OCc2ccccc2)ccn1-c1ccc(OCC[N+]2([O-])CCCC2)cc1. The van der Waals surface area contributed by atoms with Crippen LogP contribution in [0.5, 0.6) is 11.5 Å². The Hall–Kier alpha value is -3.09. The van der Waals surface area contributed by atoms with E-state index in [0.29, 0.717) is 44.3 Å². The second kappa shape index (κ2) is 9.15. The third kappa shape index (κ3) is 5.09. The minimum atomic E-state index is -0.166. The topological polar surface area (TPSA) is 63.5 Å². The van der Waals surface area contributed by atoms with Crippen molar-refractivity contribution >= 4 is 0 Å². The number of hydrogen-bond donors (Lipinski definition) is 0. The molecule has 1 fully saturated rings. The molecule has 3 aromatic rings. The number of rotatable bonds is 8. The smallest absolute Gasteiger partial charge is 0.258 e. The van der Waals surface area contributed by atoms with Crippen molar-refractivity contribution in [3.05, 3.63) is 94.1 Å². The number of hydroxylamine groups is 3. The second-order valence-electron chi connectivity index (χ2n) is 7.62. The Morgan fingerprint density at radius 1 is 0.900 bits per heavy atom. The third-order valence-electron chi connectivity index (χ3n) is 5.40. The van der Waals surface area contributed by atoms with E-state index in [2.05, 4.69) is 0 Å². The molecule has 4 rings (SSSR count). The fraction of sp³-hybridized carbons (Fsp3) is 0.292. The summed E-state index contributed by atoms with van der Waals surface area (Å²) < 4.78 is 12.9. The minimum absolute atomic E-state index is 0.147. The number of likely N-dealkylation sites (tertiary alicyclic amines) is 1. The molecule has 1 aromatic heterocycles. The molecule has 2 aromatic carbocycles. The molecule has 0 radical (unpaired) electrons. The summed E-state index contributed by atoms with van der Waals surface area (Å²) in [7, 11) is 0. The highest BCUT2D eigenvalue weighted by atomic mass is 16.6. The van der Waals surface area contributed by atoms with Gasteiger partial charge in [-0.25, -0.2) is 0 Å². The Morgan fingerprint density at radius 2 is 1.63 bits per heavy atom. The van der Waals surface area contributed by atoms with E-state index in [1.54, 1.807) is 16.8 Å². The monoisotopic (exact) mass is 406 g/mol. The number of hydrogen-bond acceptors (Lipinski definition) is 4. The highest BCUT2D eigenvalue weighted by molar-refractivity contribution is 5.38. The van der Waals surface area contributed by atoms with Crippen LogP contribution in [0.25, 0.3) is 5.69 Å². The maximum atomic E-state index is 12.5. The Bertz CT molecular complexity index is 1010. The van der Waals surface area contributed by atoms with Gasteiger partial charge < -0.3 is 19.3 Å². The van der Waals surface area contributed by atoms with Crippen LogP contribution < -0.4 is 15.0 Å². The number of quaternary nitrogens is 1. The van der Waals surface area contributed by atoms with E-state index in [-0.39, 0.29) is 10.2 Å². The van der Waals surface area contributed by atoms with Crippen molar-refractivity contribution in [1.29, 1.82) is 0 Å². The Labute approximate surface area is 176 Å². The summed E-state index contributed by atoms with van der Waals surface area (Å²) in [5, 5.41) is 12.3. The predicted molar refractivity (Wildman–Crippen MR) is 116 cm³/mol. The largest absolute Gasteiger partial charge is 0.633 e. The number of benzene rings is 2. The quantitative estimate of drug-likeness (QED) is 0.420. The molecule has 0 N–H and O–H groups in total. The number of pyridine rings is 1. The molecule has 156 valence electrons. The average molecular weight is 406 g/mol. The van der Waals surface area contributed by atoms with Gasteiger partial charge in [-0.3, -0.25) is 9.36 Å². The lowest BCUT2D eigenvalue weighted by Gasteiger charge is -2.38. The molecule has 1 saturated heterocycles. The highest BCUT2D eigenvalue weighted by Crippen LogP contribution is 2.19. The van der Waals surface area contributed by atoms with Crippen LogP contribution in [0.3, 0.4) is 0 Å². The summed E-state index contributed by atoms with van der Waals surface area (Å²) in [6.07, 6.45) is 3.71. The average Bonchev–Trinajstić information content (AvgIpc) is 3.20. The van der Waals surface area contributed by atoms with Crippen molar-refractivity contribution in [2.75, 3.05) is 26.2 Å². The Morgan fingerprint density at radius 3 is 2.33 bits per heavy atom. The van der Waals surface area contributed by atoms with Gasteiger partial charge >= 0.3 is 0 Å². The first-order chi connectivity index (χ1) is 14.6. The van der Waals surface area contributed by atoms with Crippen LogP contribution in [0.15, 0.2) is 77.7 Å².